The number of phenols is 1. The van der Waals surface area contributed by atoms with Crippen LogP contribution in [0.3, 0.4) is 0 Å². The van der Waals surface area contributed by atoms with E-state index in [0.717, 1.165) is 17.4 Å². The van der Waals surface area contributed by atoms with Gasteiger partial charge in [-0.25, -0.2) is 14.1 Å². The van der Waals surface area contributed by atoms with Crippen LogP contribution in [-0.2, 0) is 4.74 Å². The highest BCUT2D eigenvalue weighted by molar-refractivity contribution is 5.86. The second kappa shape index (κ2) is 10.8. The van der Waals surface area contributed by atoms with Gasteiger partial charge in [-0.05, 0) is 50.2 Å². The highest BCUT2D eigenvalue weighted by Gasteiger charge is 2.12. The molecule has 9 heteroatoms. The summed E-state index contributed by atoms with van der Waals surface area (Å²) in [7, 11) is 0. The van der Waals surface area contributed by atoms with Gasteiger partial charge in [-0.2, -0.15) is 0 Å². The Morgan fingerprint density at radius 1 is 0.943 bits per heavy atom. The number of piperidine rings is 1. The van der Waals surface area contributed by atoms with Crippen LogP contribution >= 0.6 is 0 Å². The molecule has 0 atom stereocenters. The van der Waals surface area contributed by atoms with E-state index in [4.69, 9.17) is 14.5 Å². The van der Waals surface area contributed by atoms with Gasteiger partial charge in [0.1, 0.15) is 23.6 Å². The summed E-state index contributed by atoms with van der Waals surface area (Å²) in [6, 6.07) is 13.7. The molecule has 1 saturated heterocycles. The number of aromatic hydroxyl groups is 1. The maximum absolute atomic E-state index is 13.7. The topological polar surface area (TPSA) is 85.5 Å². The average molecular weight is 478 g/mol. The van der Waals surface area contributed by atoms with Crippen molar-refractivity contribution in [2.45, 2.75) is 19.3 Å². The van der Waals surface area contributed by atoms with Crippen LogP contribution in [0.1, 0.15) is 19.3 Å². The summed E-state index contributed by atoms with van der Waals surface area (Å²) in [5.41, 5.74) is 2.33. The molecule has 0 saturated carbocycles. The Balaban J connectivity index is 1.23. The number of halogens is 1. The molecular formula is C26H28FN5O3. The molecule has 3 heterocycles. The highest BCUT2D eigenvalue weighted by atomic mass is 19.1. The molecule has 2 aromatic heterocycles. The van der Waals surface area contributed by atoms with Crippen LogP contribution in [0.2, 0.25) is 0 Å². The van der Waals surface area contributed by atoms with E-state index in [9.17, 15) is 9.50 Å². The molecule has 1 aliphatic heterocycles. The van der Waals surface area contributed by atoms with Crippen molar-refractivity contribution in [3.05, 3.63) is 60.5 Å². The number of ether oxygens (including phenoxy) is 2. The number of rotatable bonds is 9. The molecule has 0 amide bonds. The van der Waals surface area contributed by atoms with Crippen molar-refractivity contribution in [2.75, 3.05) is 39.5 Å². The summed E-state index contributed by atoms with van der Waals surface area (Å²) in [5.74, 6) is -0.456. The highest BCUT2D eigenvalue weighted by Crippen LogP contribution is 2.27. The number of aromatic nitrogens is 4. The van der Waals surface area contributed by atoms with Crippen molar-refractivity contribution < 1.29 is 19.0 Å². The number of fused-ring (bicyclic) bond motifs is 1. The van der Waals surface area contributed by atoms with E-state index in [0.29, 0.717) is 42.6 Å². The Kier molecular flexibility index (Phi) is 7.15. The maximum Gasteiger partial charge on any atom is 0.166 e. The summed E-state index contributed by atoms with van der Waals surface area (Å²) in [4.78, 5) is 7.21. The molecule has 1 fully saturated rings. The lowest BCUT2D eigenvalue weighted by Crippen LogP contribution is -2.32. The molecule has 1 aliphatic rings. The second-order valence-corrected chi connectivity index (χ2v) is 8.57. The van der Waals surface area contributed by atoms with Crippen LogP contribution < -0.4 is 4.74 Å². The molecule has 1 N–H and O–H groups in total. The molecule has 0 bridgehead atoms. The van der Waals surface area contributed by atoms with E-state index in [1.807, 2.05) is 30.3 Å². The molecule has 8 nitrogen and oxygen atoms in total. The number of pyridine rings is 1. The lowest BCUT2D eigenvalue weighted by Gasteiger charge is -2.26. The fourth-order valence-electron chi connectivity index (χ4n) is 4.21. The van der Waals surface area contributed by atoms with Gasteiger partial charge in [0.05, 0.1) is 30.8 Å². The van der Waals surface area contributed by atoms with Crippen LogP contribution in [0.25, 0.3) is 28.0 Å². The molecule has 4 aromatic rings. The summed E-state index contributed by atoms with van der Waals surface area (Å²) in [6.07, 6.45) is 5.57. The first-order valence-corrected chi connectivity index (χ1v) is 11.9. The van der Waals surface area contributed by atoms with E-state index in [2.05, 4.69) is 15.2 Å². The predicted molar refractivity (Wildman–Crippen MR) is 130 cm³/mol. The Morgan fingerprint density at radius 3 is 2.69 bits per heavy atom. The number of benzene rings is 2. The van der Waals surface area contributed by atoms with Crippen LogP contribution in [0.4, 0.5) is 4.39 Å². The van der Waals surface area contributed by atoms with E-state index in [1.165, 1.54) is 49.2 Å². The zero-order valence-corrected chi connectivity index (χ0v) is 19.4. The minimum atomic E-state index is -0.722. The van der Waals surface area contributed by atoms with Gasteiger partial charge < -0.3 is 19.5 Å². The minimum absolute atomic E-state index is 0.412. The average Bonchev–Trinajstić information content (AvgIpc) is 3.38. The number of para-hydroxylation sites is 1. The van der Waals surface area contributed by atoms with Gasteiger partial charge in [-0.1, -0.05) is 29.8 Å². The first-order chi connectivity index (χ1) is 17.2. The molecule has 0 aliphatic carbocycles. The van der Waals surface area contributed by atoms with Crippen LogP contribution in [0.5, 0.6) is 11.5 Å². The summed E-state index contributed by atoms with van der Waals surface area (Å²) >= 11 is 0. The van der Waals surface area contributed by atoms with Gasteiger partial charge in [0, 0.05) is 18.0 Å². The van der Waals surface area contributed by atoms with Gasteiger partial charge in [0.15, 0.2) is 11.6 Å². The monoisotopic (exact) mass is 477 g/mol. The molecule has 0 spiro atoms. The van der Waals surface area contributed by atoms with Gasteiger partial charge in [0.2, 0.25) is 0 Å². The number of phenolic OH excluding ortho intramolecular Hbond substituents is 1. The Morgan fingerprint density at radius 2 is 1.83 bits per heavy atom. The molecular weight excluding hydrogens is 449 g/mol. The van der Waals surface area contributed by atoms with Gasteiger partial charge in [-0.15, -0.1) is 5.10 Å². The lowest BCUT2D eigenvalue weighted by atomic mass is 10.1. The number of hydrogen-bond acceptors (Lipinski definition) is 7. The van der Waals surface area contributed by atoms with Gasteiger partial charge in [-0.3, -0.25) is 0 Å². The van der Waals surface area contributed by atoms with Crippen molar-refractivity contribution in [3.63, 3.8) is 0 Å². The number of nitrogens with zero attached hydrogens (tertiary/aromatic N) is 5. The summed E-state index contributed by atoms with van der Waals surface area (Å²) < 4.78 is 26.9. The van der Waals surface area contributed by atoms with Gasteiger partial charge in [0.25, 0.3) is 0 Å². The Labute approximate surface area is 202 Å². The molecule has 5 rings (SSSR count). The van der Waals surface area contributed by atoms with Crippen molar-refractivity contribution in [3.8, 4) is 28.6 Å². The third kappa shape index (κ3) is 5.58. The lowest BCUT2D eigenvalue weighted by molar-refractivity contribution is 0.0753. The Hall–Kier alpha value is -3.56. The normalized spacial score (nSPS) is 14.4. The largest absolute Gasteiger partial charge is 0.505 e. The Bertz CT molecular complexity index is 1290. The van der Waals surface area contributed by atoms with Crippen molar-refractivity contribution in [1.29, 1.82) is 0 Å². The van der Waals surface area contributed by atoms with Crippen LogP contribution in [0, 0.1) is 5.82 Å². The zero-order chi connectivity index (χ0) is 24.0. The molecule has 2 aromatic carbocycles. The molecule has 0 radical (unpaired) electrons. The van der Waals surface area contributed by atoms with Crippen molar-refractivity contribution in [2.24, 2.45) is 0 Å². The van der Waals surface area contributed by atoms with Crippen molar-refractivity contribution in [1.82, 2.24) is 24.9 Å². The minimum Gasteiger partial charge on any atom is -0.505 e. The second-order valence-electron chi connectivity index (χ2n) is 8.57. The van der Waals surface area contributed by atoms with E-state index in [-0.39, 0.29) is 0 Å². The number of likely N-dealkylation sites (tertiary alicyclic amines) is 1. The molecule has 182 valence electrons. The van der Waals surface area contributed by atoms with Gasteiger partial charge >= 0.3 is 0 Å². The number of hydrogen-bond donors (Lipinski definition) is 1. The van der Waals surface area contributed by atoms with Crippen LogP contribution in [0.15, 0.2) is 54.7 Å². The van der Waals surface area contributed by atoms with E-state index >= 15 is 0 Å². The van der Waals surface area contributed by atoms with Crippen LogP contribution in [-0.4, -0.2) is 69.4 Å². The summed E-state index contributed by atoms with van der Waals surface area (Å²) in [6.45, 7) is 4.97. The molecule has 0 unspecified atom stereocenters. The smallest absolute Gasteiger partial charge is 0.166 e. The fourth-order valence-corrected chi connectivity index (χ4v) is 4.21. The SMILES string of the molecule is Oc1ccc(-n2cc(-c3ccc4cccc(OCCOCCN5CCCCC5)c4n3)nn2)cc1F. The first kappa shape index (κ1) is 23.2. The maximum atomic E-state index is 13.7. The first-order valence-electron chi connectivity index (χ1n) is 11.9. The predicted octanol–water partition coefficient (Wildman–Crippen LogP) is 4.21. The molecule has 35 heavy (non-hydrogen) atoms. The zero-order valence-electron chi connectivity index (χ0n) is 19.4. The fraction of sp³-hybridized carbons (Fsp3) is 0.346. The van der Waals surface area contributed by atoms with Crippen molar-refractivity contribution >= 4 is 10.9 Å². The third-order valence-electron chi connectivity index (χ3n) is 6.12. The quantitative estimate of drug-likeness (QED) is 0.362. The van der Waals surface area contributed by atoms with E-state index < -0.39 is 11.6 Å². The standard InChI is InChI=1S/C26H28FN5O3/c27-21-17-20(8-10-24(21)33)32-18-23(29-30-32)22-9-7-19-5-4-6-25(26(19)28-22)35-16-15-34-14-13-31-11-2-1-3-12-31/h4-10,17-18,33H,1-3,11-16H2. The third-order valence-corrected chi connectivity index (χ3v) is 6.12. The van der Waals surface area contributed by atoms with E-state index in [1.54, 1.807) is 12.3 Å². The summed E-state index contributed by atoms with van der Waals surface area (Å²) in [5, 5.41) is 18.6.